The molecule has 0 aliphatic carbocycles. The molecule has 2 rings (SSSR count). The van der Waals surface area contributed by atoms with Crippen LogP contribution in [0.4, 0.5) is 0 Å². The third-order valence-corrected chi connectivity index (χ3v) is 4.39. The lowest BCUT2D eigenvalue weighted by Crippen LogP contribution is -2.39. The molecule has 3 N–H and O–H groups in total. The molecule has 0 amide bonds. The van der Waals surface area contributed by atoms with E-state index in [1.165, 1.54) is 0 Å². The summed E-state index contributed by atoms with van der Waals surface area (Å²) < 4.78 is 12.4. The molecule has 8 nitrogen and oxygen atoms in total. The van der Waals surface area contributed by atoms with Gasteiger partial charge in [-0.2, -0.15) is 5.10 Å². The van der Waals surface area contributed by atoms with Crippen molar-refractivity contribution >= 4 is 29.9 Å². The molecule has 0 aliphatic rings. The SMILES string of the molecule is CCNC(=NCC(C)(O)c1cnn(C)c1)NCCc1cc(OC)ccc1OC.I. The fraction of sp³-hybridized carbons (Fsp3) is 0.500. The van der Waals surface area contributed by atoms with E-state index in [1.807, 2.05) is 32.2 Å². The molecule has 0 bridgehead atoms. The predicted molar refractivity (Wildman–Crippen MR) is 125 cm³/mol. The van der Waals surface area contributed by atoms with Gasteiger partial charge in [-0.25, -0.2) is 4.99 Å². The number of hydrogen-bond acceptors (Lipinski definition) is 5. The van der Waals surface area contributed by atoms with E-state index in [-0.39, 0.29) is 30.5 Å². The molecule has 0 saturated heterocycles. The summed E-state index contributed by atoms with van der Waals surface area (Å²) in [5.41, 5.74) is 0.690. The topological polar surface area (TPSA) is 92.9 Å². The van der Waals surface area contributed by atoms with E-state index >= 15 is 0 Å². The van der Waals surface area contributed by atoms with E-state index in [2.05, 4.69) is 20.7 Å². The zero-order chi connectivity index (χ0) is 20.6. The second-order valence-electron chi connectivity index (χ2n) is 6.73. The Kier molecular flexibility index (Phi) is 10.2. The van der Waals surface area contributed by atoms with Crippen LogP contribution in [0.3, 0.4) is 0 Å². The summed E-state index contributed by atoms with van der Waals surface area (Å²) in [6.07, 6.45) is 4.19. The first-order valence-corrected chi connectivity index (χ1v) is 9.34. The number of ether oxygens (including phenoxy) is 2. The normalized spacial score (nSPS) is 13.2. The number of benzene rings is 1. The summed E-state index contributed by atoms with van der Waals surface area (Å²) in [5.74, 6) is 2.27. The van der Waals surface area contributed by atoms with E-state index in [1.54, 1.807) is 38.2 Å². The van der Waals surface area contributed by atoms with Gasteiger partial charge >= 0.3 is 0 Å². The van der Waals surface area contributed by atoms with E-state index in [0.29, 0.717) is 12.5 Å². The predicted octanol–water partition coefficient (Wildman–Crippen LogP) is 2.06. The number of rotatable bonds is 9. The Labute approximate surface area is 189 Å². The average Bonchev–Trinajstić information content (AvgIpc) is 3.13. The van der Waals surface area contributed by atoms with Crippen molar-refractivity contribution < 1.29 is 14.6 Å². The zero-order valence-electron chi connectivity index (χ0n) is 17.7. The van der Waals surface area contributed by atoms with Crippen LogP contribution in [0.2, 0.25) is 0 Å². The van der Waals surface area contributed by atoms with Crippen molar-refractivity contribution in [3.05, 3.63) is 41.7 Å². The summed E-state index contributed by atoms with van der Waals surface area (Å²) in [6.45, 7) is 5.34. The summed E-state index contributed by atoms with van der Waals surface area (Å²) in [4.78, 5) is 4.53. The van der Waals surface area contributed by atoms with Crippen molar-refractivity contribution in [1.82, 2.24) is 20.4 Å². The minimum absolute atomic E-state index is 0. The zero-order valence-corrected chi connectivity index (χ0v) is 20.1. The van der Waals surface area contributed by atoms with Crippen LogP contribution in [0.15, 0.2) is 35.6 Å². The molecule has 0 aliphatic heterocycles. The van der Waals surface area contributed by atoms with Gasteiger partial charge in [-0.1, -0.05) is 0 Å². The van der Waals surface area contributed by atoms with Gasteiger partial charge in [-0.05, 0) is 44.0 Å². The molecule has 1 atom stereocenters. The van der Waals surface area contributed by atoms with Crippen LogP contribution in [-0.4, -0.2) is 54.7 Å². The number of methoxy groups -OCH3 is 2. The quantitative estimate of drug-likeness (QED) is 0.268. The Morgan fingerprint density at radius 3 is 2.62 bits per heavy atom. The lowest BCUT2D eigenvalue weighted by molar-refractivity contribution is 0.0672. The number of nitrogens with one attached hydrogen (secondary N) is 2. The Hall–Kier alpha value is -2.01. The van der Waals surface area contributed by atoms with Crippen LogP contribution >= 0.6 is 24.0 Å². The molecule has 1 aromatic heterocycles. The van der Waals surface area contributed by atoms with Gasteiger partial charge in [-0.3, -0.25) is 4.68 Å². The van der Waals surface area contributed by atoms with Gasteiger partial charge in [0.25, 0.3) is 0 Å². The number of guanidine groups is 1. The second kappa shape index (κ2) is 11.9. The highest BCUT2D eigenvalue weighted by atomic mass is 127. The maximum Gasteiger partial charge on any atom is 0.191 e. The maximum atomic E-state index is 10.7. The van der Waals surface area contributed by atoms with Crippen LogP contribution in [0.25, 0.3) is 0 Å². The van der Waals surface area contributed by atoms with Crippen molar-refractivity contribution in [3.8, 4) is 11.5 Å². The highest BCUT2D eigenvalue weighted by molar-refractivity contribution is 14.0. The fourth-order valence-electron chi connectivity index (χ4n) is 2.76. The van der Waals surface area contributed by atoms with Gasteiger partial charge in [0, 0.05) is 31.9 Å². The molecule has 1 heterocycles. The lowest BCUT2D eigenvalue weighted by Gasteiger charge is -2.20. The largest absolute Gasteiger partial charge is 0.497 e. The summed E-state index contributed by atoms with van der Waals surface area (Å²) in [7, 11) is 5.13. The van der Waals surface area contributed by atoms with Gasteiger partial charge in [0.05, 0.1) is 27.0 Å². The first-order chi connectivity index (χ1) is 13.4. The number of aromatic nitrogens is 2. The average molecular weight is 517 g/mol. The first kappa shape index (κ1) is 25.0. The van der Waals surface area contributed by atoms with Crippen LogP contribution in [0.1, 0.15) is 25.0 Å². The molecule has 0 spiro atoms. The molecular formula is C20H32IN5O3. The Morgan fingerprint density at radius 1 is 1.28 bits per heavy atom. The number of hydrogen-bond donors (Lipinski definition) is 3. The summed E-state index contributed by atoms with van der Waals surface area (Å²) in [5, 5.41) is 21.3. The van der Waals surface area contributed by atoms with E-state index in [9.17, 15) is 5.11 Å². The van der Waals surface area contributed by atoms with Gasteiger partial charge in [0.2, 0.25) is 0 Å². The van der Waals surface area contributed by atoms with Gasteiger partial charge in [-0.15, -0.1) is 24.0 Å². The highest BCUT2D eigenvalue weighted by Gasteiger charge is 2.24. The van der Waals surface area contributed by atoms with Crippen molar-refractivity contribution in [3.63, 3.8) is 0 Å². The van der Waals surface area contributed by atoms with E-state index in [4.69, 9.17) is 9.47 Å². The number of aliphatic imine (C=N–C) groups is 1. The molecule has 9 heteroatoms. The number of halogens is 1. The Balaban J connectivity index is 0.00000420. The molecule has 29 heavy (non-hydrogen) atoms. The monoisotopic (exact) mass is 517 g/mol. The smallest absolute Gasteiger partial charge is 0.191 e. The number of aliphatic hydroxyl groups is 1. The molecule has 1 aromatic carbocycles. The van der Waals surface area contributed by atoms with Crippen molar-refractivity contribution in [2.75, 3.05) is 33.9 Å². The molecule has 1 unspecified atom stereocenters. The van der Waals surface area contributed by atoms with Crippen LogP contribution in [0.5, 0.6) is 11.5 Å². The minimum atomic E-state index is -1.09. The van der Waals surface area contributed by atoms with Gasteiger partial charge in [0.1, 0.15) is 17.1 Å². The van der Waals surface area contributed by atoms with Crippen LogP contribution < -0.4 is 20.1 Å². The van der Waals surface area contributed by atoms with Crippen LogP contribution in [-0.2, 0) is 19.1 Å². The van der Waals surface area contributed by atoms with Gasteiger partial charge in [0.15, 0.2) is 5.96 Å². The fourth-order valence-corrected chi connectivity index (χ4v) is 2.76. The van der Waals surface area contributed by atoms with E-state index < -0.39 is 5.60 Å². The molecule has 0 fully saturated rings. The molecule has 162 valence electrons. The minimum Gasteiger partial charge on any atom is -0.497 e. The number of nitrogens with zero attached hydrogens (tertiary/aromatic N) is 3. The first-order valence-electron chi connectivity index (χ1n) is 9.34. The third kappa shape index (κ3) is 7.39. The second-order valence-corrected chi connectivity index (χ2v) is 6.73. The Bertz CT molecular complexity index is 792. The van der Waals surface area contributed by atoms with Crippen molar-refractivity contribution in [2.24, 2.45) is 12.0 Å². The summed E-state index contributed by atoms with van der Waals surface area (Å²) in [6, 6.07) is 5.75. The summed E-state index contributed by atoms with van der Waals surface area (Å²) >= 11 is 0. The Morgan fingerprint density at radius 2 is 2.03 bits per heavy atom. The standard InChI is InChI=1S/C20H31N5O3.HI/c1-6-21-19(23-14-20(2,26)16-12-24-25(3)13-16)22-10-9-15-11-17(27-4)7-8-18(15)28-5;/h7-8,11-13,26H,6,9-10,14H2,1-5H3,(H2,21,22,23);1H. The number of aryl methyl sites for hydroxylation is 1. The third-order valence-electron chi connectivity index (χ3n) is 4.39. The lowest BCUT2D eigenvalue weighted by atomic mass is 10.0. The molecule has 2 aromatic rings. The molecule has 0 radical (unpaired) electrons. The van der Waals surface area contributed by atoms with E-state index in [0.717, 1.165) is 35.6 Å². The van der Waals surface area contributed by atoms with Gasteiger partial charge < -0.3 is 25.2 Å². The maximum absolute atomic E-state index is 10.7. The molecule has 0 saturated carbocycles. The molecular weight excluding hydrogens is 485 g/mol. The van der Waals surface area contributed by atoms with Crippen LogP contribution in [0, 0.1) is 0 Å². The van der Waals surface area contributed by atoms with Crippen molar-refractivity contribution in [1.29, 1.82) is 0 Å². The van der Waals surface area contributed by atoms with Crippen molar-refractivity contribution in [2.45, 2.75) is 25.9 Å². The highest BCUT2D eigenvalue weighted by Crippen LogP contribution is 2.24.